The monoisotopic (exact) mass is 351 g/mol. The summed E-state index contributed by atoms with van der Waals surface area (Å²) in [5.74, 6) is 2.22. The van der Waals surface area contributed by atoms with Crippen LogP contribution >= 0.6 is 23.1 Å². The highest BCUT2D eigenvalue weighted by atomic mass is 32.2. The highest BCUT2D eigenvalue weighted by molar-refractivity contribution is 7.99. The average Bonchev–Trinajstić information content (AvgIpc) is 3.26. The SMILES string of the molecule is CNC1CCCN(C(=O)CSCc2cc(-c3cccs3)on2)C1. The lowest BCUT2D eigenvalue weighted by molar-refractivity contribution is -0.129. The fourth-order valence-electron chi connectivity index (χ4n) is 2.69. The molecule has 0 aromatic carbocycles. The molecular formula is C16H21N3O2S2. The predicted molar refractivity (Wildman–Crippen MR) is 94.6 cm³/mol. The smallest absolute Gasteiger partial charge is 0.232 e. The normalized spacial score (nSPS) is 18.3. The van der Waals surface area contributed by atoms with Crippen LogP contribution in [0.5, 0.6) is 0 Å². The molecule has 2 aromatic heterocycles. The van der Waals surface area contributed by atoms with Crippen LogP contribution in [0, 0.1) is 0 Å². The summed E-state index contributed by atoms with van der Waals surface area (Å²) in [5.41, 5.74) is 0.887. The van der Waals surface area contributed by atoms with Gasteiger partial charge >= 0.3 is 0 Å². The fraction of sp³-hybridized carbons (Fsp3) is 0.500. The van der Waals surface area contributed by atoms with Gasteiger partial charge in [-0.25, -0.2) is 0 Å². The number of thiophene rings is 1. The van der Waals surface area contributed by atoms with Crippen LogP contribution in [0.2, 0.25) is 0 Å². The highest BCUT2D eigenvalue weighted by Crippen LogP contribution is 2.26. The van der Waals surface area contributed by atoms with Gasteiger partial charge in [0.05, 0.1) is 16.3 Å². The first kappa shape index (κ1) is 16.5. The summed E-state index contributed by atoms with van der Waals surface area (Å²) < 4.78 is 5.35. The summed E-state index contributed by atoms with van der Waals surface area (Å²) in [6.07, 6.45) is 2.23. The minimum atomic E-state index is 0.219. The Hall–Kier alpha value is -1.31. The van der Waals surface area contributed by atoms with E-state index in [1.807, 2.05) is 35.5 Å². The van der Waals surface area contributed by atoms with E-state index in [1.165, 1.54) is 0 Å². The van der Waals surface area contributed by atoms with Gasteiger partial charge in [0.15, 0.2) is 5.76 Å². The van der Waals surface area contributed by atoms with Gasteiger partial charge in [0.25, 0.3) is 0 Å². The Morgan fingerprint density at radius 3 is 3.30 bits per heavy atom. The molecule has 1 aliphatic heterocycles. The van der Waals surface area contributed by atoms with Crippen molar-refractivity contribution in [1.82, 2.24) is 15.4 Å². The van der Waals surface area contributed by atoms with E-state index in [0.717, 1.165) is 42.3 Å². The Bertz CT molecular complexity index is 627. The zero-order valence-electron chi connectivity index (χ0n) is 13.2. The van der Waals surface area contributed by atoms with Gasteiger partial charge in [0.1, 0.15) is 0 Å². The van der Waals surface area contributed by atoms with Crippen LogP contribution in [0.4, 0.5) is 0 Å². The van der Waals surface area contributed by atoms with E-state index in [9.17, 15) is 4.79 Å². The molecule has 7 heteroatoms. The number of piperidine rings is 1. The Balaban J connectivity index is 1.45. The van der Waals surface area contributed by atoms with E-state index in [2.05, 4.69) is 10.5 Å². The summed E-state index contributed by atoms with van der Waals surface area (Å²) >= 11 is 3.23. The summed E-state index contributed by atoms with van der Waals surface area (Å²) in [6, 6.07) is 6.40. The molecule has 1 fully saturated rings. The summed E-state index contributed by atoms with van der Waals surface area (Å²) in [6.45, 7) is 1.70. The number of amides is 1. The number of aromatic nitrogens is 1. The third-order valence-electron chi connectivity index (χ3n) is 3.98. The molecule has 0 bridgehead atoms. The molecule has 3 heterocycles. The third-order valence-corrected chi connectivity index (χ3v) is 5.82. The van der Waals surface area contributed by atoms with Crippen molar-refractivity contribution in [3.05, 3.63) is 29.3 Å². The number of nitrogens with one attached hydrogen (secondary N) is 1. The molecule has 124 valence electrons. The van der Waals surface area contributed by atoms with Crippen LogP contribution < -0.4 is 5.32 Å². The Kier molecular flexibility index (Phi) is 5.75. The molecule has 3 rings (SSSR count). The van der Waals surface area contributed by atoms with E-state index in [4.69, 9.17) is 4.52 Å². The molecule has 0 radical (unpaired) electrons. The van der Waals surface area contributed by atoms with Crippen molar-refractivity contribution < 1.29 is 9.32 Å². The molecule has 1 N–H and O–H groups in total. The van der Waals surface area contributed by atoms with E-state index in [1.54, 1.807) is 23.1 Å². The number of carbonyl (C=O) groups excluding carboxylic acids is 1. The molecule has 1 unspecified atom stereocenters. The highest BCUT2D eigenvalue weighted by Gasteiger charge is 2.22. The Morgan fingerprint density at radius 1 is 1.61 bits per heavy atom. The first-order valence-electron chi connectivity index (χ1n) is 7.78. The molecule has 0 spiro atoms. The van der Waals surface area contributed by atoms with Gasteiger partial charge in [-0.15, -0.1) is 23.1 Å². The zero-order valence-corrected chi connectivity index (χ0v) is 14.8. The van der Waals surface area contributed by atoms with Crippen molar-refractivity contribution in [3.8, 4) is 10.6 Å². The maximum atomic E-state index is 12.3. The topological polar surface area (TPSA) is 58.4 Å². The first-order valence-corrected chi connectivity index (χ1v) is 9.82. The molecule has 1 saturated heterocycles. The van der Waals surface area contributed by atoms with Crippen molar-refractivity contribution >= 4 is 29.0 Å². The lowest BCUT2D eigenvalue weighted by Gasteiger charge is -2.32. The number of likely N-dealkylation sites (N-methyl/N-ethyl adjacent to an activating group) is 1. The number of likely N-dealkylation sites (tertiary alicyclic amines) is 1. The molecule has 0 saturated carbocycles. The van der Waals surface area contributed by atoms with Crippen molar-refractivity contribution in [3.63, 3.8) is 0 Å². The van der Waals surface area contributed by atoms with Gasteiger partial charge in [-0.2, -0.15) is 0 Å². The maximum absolute atomic E-state index is 12.3. The maximum Gasteiger partial charge on any atom is 0.232 e. The van der Waals surface area contributed by atoms with Gasteiger partial charge < -0.3 is 14.7 Å². The number of rotatable bonds is 6. The fourth-order valence-corrected chi connectivity index (χ4v) is 4.17. The van der Waals surface area contributed by atoms with Crippen molar-refractivity contribution in [2.24, 2.45) is 0 Å². The number of carbonyl (C=O) groups is 1. The van der Waals surface area contributed by atoms with Crippen molar-refractivity contribution in [2.45, 2.75) is 24.6 Å². The minimum absolute atomic E-state index is 0.219. The molecular weight excluding hydrogens is 330 g/mol. The number of hydrogen-bond acceptors (Lipinski definition) is 6. The van der Waals surface area contributed by atoms with Crippen LogP contribution in [0.25, 0.3) is 10.6 Å². The number of nitrogens with zero attached hydrogens (tertiary/aromatic N) is 2. The van der Waals surface area contributed by atoms with E-state index < -0.39 is 0 Å². The third kappa shape index (κ3) is 4.37. The molecule has 1 atom stereocenters. The quantitative estimate of drug-likeness (QED) is 0.867. The Labute approximate surface area is 144 Å². The second-order valence-electron chi connectivity index (χ2n) is 5.62. The van der Waals surface area contributed by atoms with Crippen molar-refractivity contribution in [2.75, 3.05) is 25.9 Å². The van der Waals surface area contributed by atoms with Gasteiger partial charge in [-0.05, 0) is 31.3 Å². The number of thioether (sulfide) groups is 1. The largest absolute Gasteiger partial charge is 0.355 e. The minimum Gasteiger partial charge on any atom is -0.355 e. The van der Waals surface area contributed by atoms with Crippen molar-refractivity contribution in [1.29, 1.82) is 0 Å². The standard InChI is InChI=1S/C16H21N3O2S2/c1-17-12-4-2-6-19(9-12)16(20)11-22-10-13-8-14(21-18-13)15-5-3-7-23-15/h3,5,7-8,12,17H,2,4,6,9-11H2,1H3. The zero-order chi connectivity index (χ0) is 16.1. The lowest BCUT2D eigenvalue weighted by atomic mass is 10.1. The summed E-state index contributed by atoms with van der Waals surface area (Å²) in [5, 5.41) is 9.36. The second kappa shape index (κ2) is 7.99. The summed E-state index contributed by atoms with van der Waals surface area (Å²) in [4.78, 5) is 15.3. The molecule has 2 aromatic rings. The molecule has 1 amide bonds. The summed E-state index contributed by atoms with van der Waals surface area (Å²) in [7, 11) is 1.96. The van der Waals surface area contributed by atoms with Gasteiger partial charge in [-0.1, -0.05) is 11.2 Å². The van der Waals surface area contributed by atoms with Crippen LogP contribution in [0.3, 0.4) is 0 Å². The number of hydrogen-bond donors (Lipinski definition) is 1. The molecule has 23 heavy (non-hydrogen) atoms. The Morgan fingerprint density at radius 2 is 2.52 bits per heavy atom. The van der Waals surface area contributed by atoms with E-state index >= 15 is 0 Å². The second-order valence-corrected chi connectivity index (χ2v) is 7.55. The van der Waals surface area contributed by atoms with Crippen LogP contribution in [0.1, 0.15) is 18.5 Å². The van der Waals surface area contributed by atoms with E-state index in [0.29, 0.717) is 17.5 Å². The average molecular weight is 351 g/mol. The van der Waals surface area contributed by atoms with E-state index in [-0.39, 0.29) is 5.91 Å². The van der Waals surface area contributed by atoms with Crippen LogP contribution in [-0.2, 0) is 10.5 Å². The predicted octanol–water partition coefficient (Wildman–Crippen LogP) is 2.85. The molecule has 0 aliphatic carbocycles. The molecule has 1 aliphatic rings. The first-order chi connectivity index (χ1) is 11.3. The van der Waals surface area contributed by atoms with Gasteiger partial charge in [-0.3, -0.25) is 4.79 Å². The van der Waals surface area contributed by atoms with Crippen LogP contribution in [0.15, 0.2) is 28.1 Å². The molecule has 5 nitrogen and oxygen atoms in total. The van der Waals surface area contributed by atoms with Crippen LogP contribution in [-0.4, -0.2) is 47.9 Å². The lowest BCUT2D eigenvalue weighted by Crippen LogP contribution is -2.47. The van der Waals surface area contributed by atoms with Gasteiger partial charge in [0, 0.05) is 31.0 Å². The van der Waals surface area contributed by atoms with Gasteiger partial charge in [0.2, 0.25) is 5.91 Å².